The Morgan fingerprint density at radius 3 is 2.13 bits per heavy atom. The summed E-state index contributed by atoms with van der Waals surface area (Å²) < 4.78 is 11.1. The molecule has 1 saturated heterocycles. The van der Waals surface area contributed by atoms with Gasteiger partial charge in [-0.15, -0.1) is 0 Å². The van der Waals surface area contributed by atoms with Gasteiger partial charge < -0.3 is 19.9 Å². The van der Waals surface area contributed by atoms with E-state index in [1.165, 1.54) is 0 Å². The fraction of sp³-hybridized carbons (Fsp3) is 0.667. The topological polar surface area (TPSA) is 54.0 Å². The number of piperazine rings is 1. The van der Waals surface area contributed by atoms with E-state index < -0.39 is 0 Å². The van der Waals surface area contributed by atoms with Crippen LogP contribution in [0.1, 0.15) is 38.3 Å². The first kappa shape index (κ1) is 17.9. The van der Waals surface area contributed by atoms with E-state index in [0.29, 0.717) is 17.4 Å². The first-order valence-corrected chi connectivity index (χ1v) is 8.46. The molecule has 0 aliphatic carbocycles. The molecule has 0 spiro atoms. The molecule has 0 bridgehead atoms. The number of hydrogen-bond donors (Lipinski definition) is 2. The molecule has 1 aliphatic rings. The Balaban J connectivity index is 2.40. The van der Waals surface area contributed by atoms with Gasteiger partial charge in [0.25, 0.3) is 0 Å². The number of phenolic OH excluding ortho intramolecular Hbond substituents is 1. The maximum absolute atomic E-state index is 9.91. The van der Waals surface area contributed by atoms with E-state index in [-0.39, 0.29) is 11.8 Å². The van der Waals surface area contributed by atoms with Gasteiger partial charge in [0, 0.05) is 44.4 Å². The van der Waals surface area contributed by atoms with Crippen molar-refractivity contribution in [2.24, 2.45) is 5.92 Å². The molecule has 5 heteroatoms. The van der Waals surface area contributed by atoms with Crippen LogP contribution in [-0.2, 0) is 0 Å². The van der Waals surface area contributed by atoms with Crippen LogP contribution in [-0.4, -0.2) is 50.4 Å². The van der Waals surface area contributed by atoms with Gasteiger partial charge in [0.2, 0.25) is 0 Å². The minimum atomic E-state index is 0.172. The predicted molar refractivity (Wildman–Crippen MR) is 92.5 cm³/mol. The van der Waals surface area contributed by atoms with Crippen molar-refractivity contribution >= 4 is 0 Å². The molecule has 1 aliphatic heterocycles. The van der Waals surface area contributed by atoms with Crippen LogP contribution >= 0.6 is 0 Å². The summed E-state index contributed by atoms with van der Waals surface area (Å²) in [6, 6.07) is 3.61. The number of benzene rings is 1. The number of methoxy groups -OCH3 is 2. The zero-order valence-corrected chi connectivity index (χ0v) is 14.8. The third-order valence-corrected chi connectivity index (χ3v) is 4.47. The molecule has 0 radical (unpaired) electrons. The summed E-state index contributed by atoms with van der Waals surface area (Å²) in [5.41, 5.74) is 1.05. The average Bonchev–Trinajstić information content (AvgIpc) is 2.56. The molecule has 0 amide bonds. The summed E-state index contributed by atoms with van der Waals surface area (Å²) in [6.07, 6.45) is 2.19. The Bertz CT molecular complexity index is 474. The van der Waals surface area contributed by atoms with Gasteiger partial charge in [-0.1, -0.05) is 13.8 Å². The Morgan fingerprint density at radius 2 is 1.65 bits per heavy atom. The highest BCUT2D eigenvalue weighted by Gasteiger charge is 2.28. The molecular formula is C18H30N2O3. The standard InChI is InChI=1S/C18H30N2O3/c1-13(2)5-6-15(20-9-7-19-8-10-20)18-16(22-3)11-14(21)12-17(18)23-4/h11-13,15,19,21H,5-10H2,1-4H3/t15-/m1/s1. The minimum Gasteiger partial charge on any atom is -0.508 e. The van der Waals surface area contributed by atoms with E-state index in [2.05, 4.69) is 24.1 Å². The van der Waals surface area contributed by atoms with Gasteiger partial charge in [-0.25, -0.2) is 0 Å². The number of nitrogens with zero attached hydrogens (tertiary/aromatic N) is 1. The Labute approximate surface area is 139 Å². The Kier molecular flexibility index (Phi) is 6.54. The number of ether oxygens (including phenoxy) is 2. The van der Waals surface area contributed by atoms with Crippen LogP contribution in [0, 0.1) is 5.92 Å². The van der Waals surface area contributed by atoms with Gasteiger partial charge in [-0.05, 0) is 18.8 Å². The first-order chi connectivity index (χ1) is 11.1. The largest absolute Gasteiger partial charge is 0.508 e. The SMILES string of the molecule is COc1cc(O)cc(OC)c1[C@@H](CCC(C)C)N1CCNCC1. The molecule has 0 unspecified atom stereocenters. The van der Waals surface area contributed by atoms with Gasteiger partial charge in [-0.3, -0.25) is 4.90 Å². The van der Waals surface area contributed by atoms with Crippen molar-refractivity contribution in [3.63, 3.8) is 0 Å². The van der Waals surface area contributed by atoms with E-state index in [0.717, 1.165) is 44.6 Å². The van der Waals surface area contributed by atoms with Crippen molar-refractivity contribution in [1.29, 1.82) is 0 Å². The second kappa shape index (κ2) is 8.41. The molecule has 1 aromatic carbocycles. The highest BCUT2D eigenvalue weighted by Crippen LogP contribution is 2.42. The zero-order chi connectivity index (χ0) is 16.8. The average molecular weight is 322 g/mol. The maximum atomic E-state index is 9.91. The van der Waals surface area contributed by atoms with Crippen molar-refractivity contribution in [2.75, 3.05) is 40.4 Å². The normalized spacial score (nSPS) is 17.3. The highest BCUT2D eigenvalue weighted by atomic mass is 16.5. The smallest absolute Gasteiger partial charge is 0.131 e. The van der Waals surface area contributed by atoms with E-state index in [1.54, 1.807) is 26.4 Å². The fourth-order valence-corrected chi connectivity index (χ4v) is 3.25. The lowest BCUT2D eigenvalue weighted by Gasteiger charge is -2.36. The summed E-state index contributed by atoms with van der Waals surface area (Å²) in [5.74, 6) is 2.23. The van der Waals surface area contributed by atoms with Gasteiger partial charge in [0.05, 0.1) is 19.8 Å². The van der Waals surface area contributed by atoms with E-state index in [1.807, 2.05) is 0 Å². The zero-order valence-electron chi connectivity index (χ0n) is 14.8. The van der Waals surface area contributed by atoms with Crippen LogP contribution in [0.4, 0.5) is 0 Å². The molecule has 5 nitrogen and oxygen atoms in total. The second-order valence-electron chi connectivity index (χ2n) is 6.54. The lowest BCUT2D eigenvalue weighted by Crippen LogP contribution is -2.45. The van der Waals surface area contributed by atoms with Crippen LogP contribution in [0.5, 0.6) is 17.2 Å². The number of nitrogens with one attached hydrogen (secondary N) is 1. The summed E-state index contributed by atoms with van der Waals surface area (Å²) in [5, 5.41) is 13.3. The monoisotopic (exact) mass is 322 g/mol. The third kappa shape index (κ3) is 4.52. The van der Waals surface area contributed by atoms with Crippen molar-refractivity contribution in [1.82, 2.24) is 10.2 Å². The summed E-state index contributed by atoms with van der Waals surface area (Å²) in [4.78, 5) is 2.50. The van der Waals surface area contributed by atoms with Crippen LogP contribution < -0.4 is 14.8 Å². The molecule has 1 heterocycles. The predicted octanol–water partition coefficient (Wildman–Crippen LogP) is 2.79. The lowest BCUT2D eigenvalue weighted by atomic mass is 9.94. The lowest BCUT2D eigenvalue weighted by molar-refractivity contribution is 0.154. The number of aromatic hydroxyl groups is 1. The number of phenols is 1. The molecule has 2 rings (SSSR count). The molecule has 0 aromatic heterocycles. The third-order valence-electron chi connectivity index (χ3n) is 4.47. The molecule has 0 saturated carbocycles. The van der Waals surface area contributed by atoms with Gasteiger partial charge in [-0.2, -0.15) is 0 Å². The van der Waals surface area contributed by atoms with Crippen LogP contribution in [0.2, 0.25) is 0 Å². The highest BCUT2D eigenvalue weighted by molar-refractivity contribution is 5.52. The Hall–Kier alpha value is -1.46. The number of rotatable bonds is 7. The van der Waals surface area contributed by atoms with Crippen LogP contribution in [0.25, 0.3) is 0 Å². The van der Waals surface area contributed by atoms with Gasteiger partial charge in [0.1, 0.15) is 17.2 Å². The summed E-state index contributed by atoms with van der Waals surface area (Å²) in [6.45, 7) is 8.52. The van der Waals surface area contributed by atoms with Gasteiger partial charge in [0.15, 0.2) is 0 Å². The van der Waals surface area contributed by atoms with Crippen molar-refractivity contribution < 1.29 is 14.6 Å². The van der Waals surface area contributed by atoms with Crippen LogP contribution in [0.15, 0.2) is 12.1 Å². The minimum absolute atomic E-state index is 0.172. The van der Waals surface area contributed by atoms with Gasteiger partial charge >= 0.3 is 0 Å². The first-order valence-electron chi connectivity index (χ1n) is 8.46. The van der Waals surface area contributed by atoms with Crippen molar-refractivity contribution in [3.05, 3.63) is 17.7 Å². The van der Waals surface area contributed by atoms with Crippen LogP contribution in [0.3, 0.4) is 0 Å². The molecule has 2 N–H and O–H groups in total. The fourth-order valence-electron chi connectivity index (χ4n) is 3.25. The van der Waals surface area contributed by atoms with E-state index in [9.17, 15) is 5.11 Å². The molecule has 1 aromatic rings. The molecule has 23 heavy (non-hydrogen) atoms. The quantitative estimate of drug-likeness (QED) is 0.808. The molecule has 1 atom stereocenters. The van der Waals surface area contributed by atoms with E-state index >= 15 is 0 Å². The second-order valence-corrected chi connectivity index (χ2v) is 6.54. The molecule has 130 valence electrons. The molecule has 1 fully saturated rings. The number of hydrogen-bond acceptors (Lipinski definition) is 5. The molecular weight excluding hydrogens is 292 g/mol. The Morgan fingerprint density at radius 1 is 1.09 bits per heavy atom. The maximum Gasteiger partial charge on any atom is 0.131 e. The van der Waals surface area contributed by atoms with Crippen molar-refractivity contribution in [2.45, 2.75) is 32.7 Å². The van der Waals surface area contributed by atoms with Crippen molar-refractivity contribution in [3.8, 4) is 17.2 Å². The van der Waals surface area contributed by atoms with E-state index in [4.69, 9.17) is 9.47 Å². The summed E-state index contributed by atoms with van der Waals surface area (Å²) >= 11 is 0. The summed E-state index contributed by atoms with van der Waals surface area (Å²) in [7, 11) is 3.30.